The van der Waals surface area contributed by atoms with E-state index in [1.165, 1.54) is 52.6 Å². The lowest BCUT2D eigenvalue weighted by Gasteiger charge is -2.26. The molecule has 2 fully saturated rings. The van der Waals surface area contributed by atoms with E-state index in [-0.39, 0.29) is 15.5 Å². The lowest BCUT2D eigenvalue weighted by Crippen LogP contribution is -2.35. The Hall–Kier alpha value is -3.91. The van der Waals surface area contributed by atoms with Crippen molar-refractivity contribution < 1.29 is 26.3 Å². The van der Waals surface area contributed by atoms with Gasteiger partial charge in [0.15, 0.2) is 10.3 Å². The van der Waals surface area contributed by atoms with Gasteiger partial charge in [-0.2, -0.15) is 4.31 Å². The zero-order valence-electron chi connectivity index (χ0n) is 33.5. The Morgan fingerprint density at radius 3 is 1.58 bits per heavy atom. The molecule has 0 unspecified atom stereocenters. The van der Waals surface area contributed by atoms with Gasteiger partial charge in [0.05, 0.1) is 25.6 Å². The molecule has 0 spiro atoms. The summed E-state index contributed by atoms with van der Waals surface area (Å²) >= 11 is 3.23. The van der Waals surface area contributed by atoms with E-state index in [9.17, 15) is 16.8 Å². The smallest absolute Gasteiger partial charge is 0.264 e. The fourth-order valence-corrected chi connectivity index (χ4v) is 10.7. The molecule has 0 amide bonds. The van der Waals surface area contributed by atoms with Gasteiger partial charge in [0.2, 0.25) is 10.0 Å². The van der Waals surface area contributed by atoms with Crippen LogP contribution in [0, 0.1) is 0 Å². The number of sulfonamides is 1. The number of hydrogen-bond donors (Lipinski definition) is 1. The van der Waals surface area contributed by atoms with Crippen LogP contribution in [0.25, 0.3) is 33.8 Å². The number of nitrogens with zero attached hydrogens (tertiary/aromatic N) is 7. The highest BCUT2D eigenvalue weighted by Crippen LogP contribution is 2.35. The molecule has 1 N–H and O–H groups in total. The topological polar surface area (TPSA) is 162 Å². The predicted octanol–water partition coefficient (Wildman–Crippen LogP) is 7.90. The van der Waals surface area contributed by atoms with Crippen LogP contribution in [0.5, 0.6) is 11.5 Å². The van der Waals surface area contributed by atoms with Crippen molar-refractivity contribution in [2.75, 3.05) is 51.9 Å². The van der Waals surface area contributed by atoms with Gasteiger partial charge in [-0.3, -0.25) is 8.80 Å². The Morgan fingerprint density at radius 1 is 0.678 bits per heavy atom. The van der Waals surface area contributed by atoms with Gasteiger partial charge >= 0.3 is 0 Å². The minimum atomic E-state index is -3.88. The Bertz CT molecular complexity index is 2570. The van der Waals surface area contributed by atoms with Crippen molar-refractivity contribution in [1.29, 1.82) is 0 Å². The normalized spacial score (nSPS) is 14.9. The van der Waals surface area contributed by atoms with Crippen molar-refractivity contribution in [1.82, 2.24) is 38.4 Å². The molecule has 0 radical (unpaired) electrons. The zero-order chi connectivity index (χ0) is 42.0. The average molecular weight is 902 g/mol. The monoisotopic (exact) mass is 900 g/mol. The van der Waals surface area contributed by atoms with Gasteiger partial charge in [-0.25, -0.2) is 36.8 Å². The largest absolute Gasteiger partial charge is 0.495 e. The molecule has 2 aromatic carbocycles. The SMILES string of the molecule is C1CCNCC1.CCSc1nc(-c2ccc(S(=O)(=O)Cl)c(OC)c2)cc2nccn12.CCSc1nc(-c2ccc(S(=O)(=O)N3CCCCC3)c(OC)c2)cc2nccn12. The highest BCUT2D eigenvalue weighted by molar-refractivity contribution is 8.13. The van der Waals surface area contributed by atoms with Crippen LogP contribution in [0.4, 0.5) is 0 Å². The number of nitrogens with one attached hydrogen (secondary N) is 1. The number of benzene rings is 2. The summed E-state index contributed by atoms with van der Waals surface area (Å²) in [7, 11) is 0.866. The first-order chi connectivity index (χ1) is 28.5. The number of fused-ring (bicyclic) bond motifs is 2. The molecule has 59 heavy (non-hydrogen) atoms. The van der Waals surface area contributed by atoms with Crippen LogP contribution in [-0.4, -0.2) is 102 Å². The van der Waals surface area contributed by atoms with Crippen LogP contribution < -0.4 is 14.8 Å². The number of hydrogen-bond acceptors (Lipinski definition) is 13. The zero-order valence-corrected chi connectivity index (χ0v) is 37.5. The maximum Gasteiger partial charge on any atom is 0.264 e. The second kappa shape index (κ2) is 20.6. The Morgan fingerprint density at radius 2 is 1.15 bits per heavy atom. The van der Waals surface area contributed by atoms with Crippen LogP contribution >= 0.6 is 34.2 Å². The van der Waals surface area contributed by atoms with Crippen molar-refractivity contribution in [2.24, 2.45) is 0 Å². The third-order valence-corrected chi connectivity index (χ3v) is 14.6. The predicted molar refractivity (Wildman–Crippen MR) is 235 cm³/mol. The summed E-state index contributed by atoms with van der Waals surface area (Å²) in [6.45, 7) is 7.74. The molecule has 6 heterocycles. The Kier molecular flexibility index (Phi) is 15.6. The van der Waals surface area contributed by atoms with Gasteiger partial charge < -0.3 is 14.8 Å². The maximum absolute atomic E-state index is 13.1. The molecule has 14 nitrogen and oxygen atoms in total. The average Bonchev–Trinajstić information content (AvgIpc) is 3.95. The maximum atomic E-state index is 13.1. The fraction of sp³-hybridized carbons (Fsp3) is 0.400. The van der Waals surface area contributed by atoms with Crippen molar-refractivity contribution in [3.63, 3.8) is 0 Å². The Labute approximate surface area is 359 Å². The highest BCUT2D eigenvalue weighted by Gasteiger charge is 2.29. The number of halogens is 1. The molecule has 0 saturated carbocycles. The first-order valence-corrected chi connectivity index (χ1v) is 25.2. The summed E-state index contributed by atoms with van der Waals surface area (Å²) in [5.74, 6) is 2.27. The fourth-order valence-electron chi connectivity index (χ4n) is 6.66. The molecule has 0 atom stereocenters. The summed E-state index contributed by atoms with van der Waals surface area (Å²) in [6.07, 6.45) is 14.3. The molecule has 4 aromatic heterocycles. The number of thioether (sulfide) groups is 2. The summed E-state index contributed by atoms with van der Waals surface area (Å²) in [5.41, 5.74) is 4.50. The van der Waals surface area contributed by atoms with E-state index < -0.39 is 19.1 Å². The molecule has 2 saturated heterocycles. The number of rotatable bonds is 11. The molecule has 0 bridgehead atoms. The molecule has 8 rings (SSSR count). The van der Waals surface area contributed by atoms with Crippen LogP contribution in [0.2, 0.25) is 0 Å². The highest BCUT2D eigenvalue weighted by atomic mass is 35.7. The van der Waals surface area contributed by atoms with Crippen molar-refractivity contribution in [2.45, 2.75) is 72.5 Å². The van der Waals surface area contributed by atoms with E-state index in [2.05, 4.69) is 27.2 Å². The number of piperidine rings is 2. The van der Waals surface area contributed by atoms with E-state index in [4.69, 9.17) is 25.1 Å². The van der Waals surface area contributed by atoms with E-state index in [1.807, 2.05) is 40.3 Å². The van der Waals surface area contributed by atoms with Gasteiger partial charge in [0.1, 0.15) is 32.6 Å². The van der Waals surface area contributed by atoms with E-state index >= 15 is 0 Å². The first-order valence-electron chi connectivity index (χ1n) is 19.4. The molecule has 2 aliphatic heterocycles. The number of ether oxygens (including phenoxy) is 2. The quantitative estimate of drug-likeness (QED) is 0.0760. The Balaban J connectivity index is 0.000000176. The standard InChI is InChI=1S/C20H24N4O3S2.C15H14ClN3O3S2.C5H11N/c1-3-28-20-22-16(14-19-21-9-12-24(19)20)15-7-8-18(17(13-15)27-2)29(25,26)23-10-5-4-6-11-23;1-3-23-15-18-11(9-14-17-6-7-19(14)15)10-4-5-13(24(16,20)21)12(8-10)22-2;1-2-4-6-5-3-1/h7-9,12-14H,3-6,10-11H2,1-2H3;4-9H,3H2,1-2H3;6H,1-5H2. The minimum Gasteiger partial charge on any atom is -0.495 e. The number of imidazole rings is 2. The second-order valence-electron chi connectivity index (χ2n) is 13.5. The summed E-state index contributed by atoms with van der Waals surface area (Å²) in [5, 5.41) is 4.95. The van der Waals surface area contributed by atoms with Crippen molar-refractivity contribution in [3.05, 3.63) is 73.3 Å². The van der Waals surface area contributed by atoms with Gasteiger partial charge in [0, 0.05) is 71.8 Å². The molecular formula is C40H49ClN8O6S4. The van der Waals surface area contributed by atoms with Crippen molar-refractivity contribution >= 4 is 64.6 Å². The molecular weight excluding hydrogens is 852 g/mol. The van der Waals surface area contributed by atoms with Crippen molar-refractivity contribution in [3.8, 4) is 34.0 Å². The summed E-state index contributed by atoms with van der Waals surface area (Å²) in [4.78, 5) is 18.2. The molecule has 0 aliphatic carbocycles. The second-order valence-corrected chi connectivity index (χ2v) is 20.4. The molecule has 316 valence electrons. The third-order valence-electron chi connectivity index (χ3n) is 9.58. The van der Waals surface area contributed by atoms with Crippen LogP contribution in [0.1, 0.15) is 52.4 Å². The van der Waals surface area contributed by atoms with E-state index in [0.717, 1.165) is 69.2 Å². The first kappa shape index (κ1) is 44.6. The number of methoxy groups -OCH3 is 2. The summed E-state index contributed by atoms with van der Waals surface area (Å²) in [6, 6.07) is 13.6. The molecule has 19 heteroatoms. The van der Waals surface area contributed by atoms with Gasteiger partial charge in [-0.15, -0.1) is 0 Å². The van der Waals surface area contributed by atoms with Crippen LogP contribution in [0.15, 0.2) is 93.4 Å². The van der Waals surface area contributed by atoms with Crippen LogP contribution in [-0.2, 0) is 19.1 Å². The lowest BCUT2D eigenvalue weighted by molar-refractivity contribution is 0.343. The van der Waals surface area contributed by atoms with E-state index in [0.29, 0.717) is 24.5 Å². The minimum absolute atomic E-state index is 0.0690. The number of aromatic nitrogens is 6. The lowest BCUT2D eigenvalue weighted by atomic mass is 10.1. The summed E-state index contributed by atoms with van der Waals surface area (Å²) < 4.78 is 65.5. The van der Waals surface area contributed by atoms with Gasteiger partial charge in [-0.1, -0.05) is 62.3 Å². The van der Waals surface area contributed by atoms with E-state index in [1.54, 1.807) is 70.6 Å². The molecule has 2 aliphatic rings. The van der Waals surface area contributed by atoms with Gasteiger partial charge in [-0.05, 0) is 74.5 Å². The van der Waals surface area contributed by atoms with Gasteiger partial charge in [0.25, 0.3) is 9.05 Å². The molecule has 6 aromatic rings. The van der Waals surface area contributed by atoms with Crippen LogP contribution in [0.3, 0.4) is 0 Å². The third kappa shape index (κ3) is 10.9.